The highest BCUT2D eigenvalue weighted by atomic mass is 35.5. The van der Waals surface area contributed by atoms with Crippen LogP contribution in [0.1, 0.15) is 22.3 Å². The molecular weight excluding hydrogens is 386 g/mol. The van der Waals surface area contributed by atoms with Crippen molar-refractivity contribution < 1.29 is 14.3 Å². The van der Waals surface area contributed by atoms with Gasteiger partial charge in [-0.2, -0.15) is 0 Å². The Balaban J connectivity index is 1.47. The number of ether oxygens (including phenoxy) is 2. The van der Waals surface area contributed by atoms with Gasteiger partial charge in [-0.15, -0.1) is 0 Å². The van der Waals surface area contributed by atoms with Gasteiger partial charge in [-0.05, 0) is 48.9 Å². The largest absolute Gasteiger partial charge is 0.489 e. The Labute approximate surface area is 174 Å². The van der Waals surface area contributed by atoms with Gasteiger partial charge >= 0.3 is 5.97 Å². The van der Waals surface area contributed by atoms with Gasteiger partial charge in [-0.1, -0.05) is 59.6 Å². The van der Waals surface area contributed by atoms with Crippen molar-refractivity contribution in [3.8, 4) is 5.75 Å². The molecule has 144 valence electrons. The summed E-state index contributed by atoms with van der Waals surface area (Å²) in [5.41, 5.74) is 3.88. The summed E-state index contributed by atoms with van der Waals surface area (Å²) < 4.78 is 11.1. The fraction of sp³-hybridized carbons (Fsp3) is 0.0833. The van der Waals surface area contributed by atoms with Gasteiger partial charge in [0, 0.05) is 16.1 Å². The molecule has 29 heavy (non-hydrogen) atoms. The first-order valence-electron chi connectivity index (χ1n) is 9.14. The maximum Gasteiger partial charge on any atom is 0.363 e. The molecule has 3 aromatic rings. The molecule has 4 nitrogen and oxygen atoms in total. The Morgan fingerprint density at radius 2 is 1.83 bits per heavy atom. The first kappa shape index (κ1) is 19.0. The quantitative estimate of drug-likeness (QED) is 0.413. The molecule has 3 aromatic carbocycles. The lowest BCUT2D eigenvalue weighted by atomic mass is 10.1. The fourth-order valence-corrected chi connectivity index (χ4v) is 3.10. The van der Waals surface area contributed by atoms with Crippen molar-refractivity contribution in [3.05, 3.63) is 106 Å². The van der Waals surface area contributed by atoms with Crippen molar-refractivity contribution in [2.45, 2.75) is 13.5 Å². The van der Waals surface area contributed by atoms with Crippen LogP contribution in [0.4, 0.5) is 0 Å². The molecule has 0 radical (unpaired) electrons. The average molecular weight is 404 g/mol. The SMILES string of the molecule is Cc1cccc(C2=N/C(=C/c3ccc(OCc4ccccc4Cl)cc3)C(=O)O2)c1. The molecule has 0 bridgehead atoms. The molecule has 0 amide bonds. The Morgan fingerprint density at radius 3 is 2.59 bits per heavy atom. The second kappa shape index (κ2) is 8.33. The zero-order valence-electron chi connectivity index (χ0n) is 15.8. The van der Waals surface area contributed by atoms with Crippen LogP contribution in [0.5, 0.6) is 5.75 Å². The van der Waals surface area contributed by atoms with Gasteiger partial charge in [0.25, 0.3) is 0 Å². The summed E-state index contributed by atoms with van der Waals surface area (Å²) in [5.74, 6) is 0.579. The molecule has 5 heteroatoms. The molecule has 0 saturated carbocycles. The number of esters is 1. The Bertz CT molecular complexity index is 1120. The number of rotatable bonds is 5. The van der Waals surface area contributed by atoms with E-state index >= 15 is 0 Å². The van der Waals surface area contributed by atoms with Crippen molar-refractivity contribution in [1.29, 1.82) is 0 Å². The summed E-state index contributed by atoms with van der Waals surface area (Å²) in [5, 5.41) is 0.677. The summed E-state index contributed by atoms with van der Waals surface area (Å²) in [6.07, 6.45) is 1.70. The second-order valence-electron chi connectivity index (χ2n) is 6.65. The van der Waals surface area contributed by atoms with Crippen LogP contribution in [0.25, 0.3) is 6.08 Å². The number of aryl methyl sites for hydroxylation is 1. The lowest BCUT2D eigenvalue weighted by molar-refractivity contribution is -0.129. The maximum atomic E-state index is 12.2. The Kier molecular flexibility index (Phi) is 5.45. The van der Waals surface area contributed by atoms with E-state index in [1.165, 1.54) is 0 Å². The lowest BCUT2D eigenvalue weighted by Gasteiger charge is -2.07. The third kappa shape index (κ3) is 4.55. The summed E-state index contributed by atoms with van der Waals surface area (Å²) in [6, 6.07) is 22.7. The third-order valence-electron chi connectivity index (χ3n) is 4.42. The van der Waals surface area contributed by atoms with E-state index in [1.54, 1.807) is 6.08 Å². The average Bonchev–Trinajstić information content (AvgIpc) is 3.09. The number of benzene rings is 3. The number of nitrogens with zero attached hydrogens (tertiary/aromatic N) is 1. The molecule has 0 aromatic heterocycles. The normalized spacial score (nSPS) is 14.6. The Hall–Kier alpha value is -3.37. The summed E-state index contributed by atoms with van der Waals surface area (Å²) in [6.45, 7) is 2.36. The van der Waals surface area contributed by atoms with Crippen LogP contribution in [0, 0.1) is 6.92 Å². The van der Waals surface area contributed by atoms with E-state index in [9.17, 15) is 4.79 Å². The van der Waals surface area contributed by atoms with E-state index < -0.39 is 5.97 Å². The molecule has 1 aliphatic rings. The third-order valence-corrected chi connectivity index (χ3v) is 4.79. The molecule has 0 unspecified atom stereocenters. The predicted octanol–water partition coefficient (Wildman–Crippen LogP) is 5.57. The molecule has 0 spiro atoms. The van der Waals surface area contributed by atoms with Crippen LogP contribution < -0.4 is 4.74 Å². The fourth-order valence-electron chi connectivity index (χ4n) is 2.91. The van der Waals surface area contributed by atoms with E-state index in [4.69, 9.17) is 21.1 Å². The van der Waals surface area contributed by atoms with Crippen LogP contribution in [0.2, 0.25) is 5.02 Å². The minimum absolute atomic E-state index is 0.270. The van der Waals surface area contributed by atoms with Crippen LogP contribution in [0.3, 0.4) is 0 Å². The van der Waals surface area contributed by atoms with Crippen LogP contribution >= 0.6 is 11.6 Å². The number of carbonyl (C=O) groups excluding carboxylic acids is 1. The van der Waals surface area contributed by atoms with Crippen molar-refractivity contribution in [1.82, 2.24) is 0 Å². The van der Waals surface area contributed by atoms with Crippen LogP contribution in [-0.4, -0.2) is 11.9 Å². The highest BCUT2D eigenvalue weighted by molar-refractivity contribution is 6.31. The molecule has 0 N–H and O–H groups in total. The number of hydrogen-bond acceptors (Lipinski definition) is 4. The molecular formula is C24H18ClNO3. The smallest absolute Gasteiger partial charge is 0.363 e. The van der Waals surface area contributed by atoms with Gasteiger partial charge in [-0.25, -0.2) is 9.79 Å². The molecule has 0 atom stereocenters. The molecule has 1 aliphatic heterocycles. The van der Waals surface area contributed by atoms with Gasteiger partial charge in [0.05, 0.1) is 0 Å². The lowest BCUT2D eigenvalue weighted by Crippen LogP contribution is -2.05. The van der Waals surface area contributed by atoms with E-state index in [-0.39, 0.29) is 5.70 Å². The first-order chi connectivity index (χ1) is 14.1. The number of hydrogen-bond donors (Lipinski definition) is 0. The van der Waals surface area contributed by atoms with Crippen molar-refractivity contribution in [2.24, 2.45) is 4.99 Å². The molecule has 4 rings (SSSR count). The standard InChI is InChI=1S/C24H18ClNO3/c1-16-5-4-7-18(13-16)23-26-22(24(27)29-23)14-17-9-11-20(12-10-17)28-15-19-6-2-3-8-21(19)25/h2-14H,15H2,1H3/b22-14+. The number of halogens is 1. The van der Waals surface area contributed by atoms with Crippen molar-refractivity contribution >= 4 is 29.5 Å². The van der Waals surface area contributed by atoms with E-state index in [0.717, 1.165) is 22.3 Å². The molecule has 0 fully saturated rings. The van der Waals surface area contributed by atoms with E-state index in [1.807, 2.05) is 79.7 Å². The summed E-state index contributed by atoms with van der Waals surface area (Å²) in [4.78, 5) is 16.5. The zero-order valence-corrected chi connectivity index (χ0v) is 16.5. The summed E-state index contributed by atoms with van der Waals surface area (Å²) in [7, 11) is 0. The van der Waals surface area contributed by atoms with Crippen molar-refractivity contribution in [3.63, 3.8) is 0 Å². The van der Waals surface area contributed by atoms with E-state index in [2.05, 4.69) is 4.99 Å². The summed E-state index contributed by atoms with van der Waals surface area (Å²) >= 11 is 6.15. The maximum absolute atomic E-state index is 12.2. The highest BCUT2D eigenvalue weighted by Gasteiger charge is 2.24. The van der Waals surface area contributed by atoms with Gasteiger partial charge in [0.2, 0.25) is 5.90 Å². The monoisotopic (exact) mass is 403 g/mol. The first-order valence-corrected chi connectivity index (χ1v) is 9.52. The van der Waals surface area contributed by atoms with Gasteiger partial charge in [0.15, 0.2) is 5.70 Å². The number of carbonyl (C=O) groups is 1. The van der Waals surface area contributed by atoms with Crippen LogP contribution in [0.15, 0.2) is 83.5 Å². The molecule has 0 saturated heterocycles. The highest BCUT2D eigenvalue weighted by Crippen LogP contribution is 2.22. The van der Waals surface area contributed by atoms with E-state index in [0.29, 0.717) is 23.3 Å². The van der Waals surface area contributed by atoms with Crippen molar-refractivity contribution in [2.75, 3.05) is 0 Å². The van der Waals surface area contributed by atoms with Gasteiger partial charge in [0.1, 0.15) is 12.4 Å². The number of cyclic esters (lactones) is 1. The minimum atomic E-state index is -0.458. The predicted molar refractivity (Wildman–Crippen MR) is 114 cm³/mol. The number of aliphatic imine (C=N–C) groups is 1. The Morgan fingerprint density at radius 1 is 1.03 bits per heavy atom. The molecule has 0 aliphatic carbocycles. The topological polar surface area (TPSA) is 47.9 Å². The second-order valence-corrected chi connectivity index (χ2v) is 7.06. The minimum Gasteiger partial charge on any atom is -0.489 e. The van der Waals surface area contributed by atoms with Crippen LogP contribution in [-0.2, 0) is 16.1 Å². The van der Waals surface area contributed by atoms with Gasteiger partial charge < -0.3 is 9.47 Å². The van der Waals surface area contributed by atoms with Gasteiger partial charge in [-0.3, -0.25) is 0 Å². The molecule has 1 heterocycles. The zero-order chi connectivity index (χ0) is 20.2.